The van der Waals surface area contributed by atoms with Gasteiger partial charge < -0.3 is 10.2 Å². The van der Waals surface area contributed by atoms with Crippen LogP contribution in [0.3, 0.4) is 0 Å². The molecule has 0 saturated heterocycles. The number of nitrogens with one attached hydrogen (secondary N) is 1. The second-order valence-corrected chi connectivity index (χ2v) is 3.69. The normalized spacial score (nSPS) is 10.8. The summed E-state index contributed by atoms with van der Waals surface area (Å²) in [7, 11) is 1.78. The van der Waals surface area contributed by atoms with Crippen molar-refractivity contribution in [1.29, 1.82) is 0 Å². The van der Waals surface area contributed by atoms with E-state index >= 15 is 0 Å². The van der Waals surface area contributed by atoms with Crippen LogP contribution in [0.1, 0.15) is 5.56 Å². The van der Waals surface area contributed by atoms with Crippen molar-refractivity contribution in [2.75, 3.05) is 13.6 Å². The Bertz CT molecular complexity index is 431. The maximum absolute atomic E-state index is 10.6. The molecule has 0 aliphatic rings. The summed E-state index contributed by atoms with van der Waals surface area (Å²) in [5, 5.41) is 13.5. The SMILES string of the molecule is C=CCN/C(=C/[N+](=O)[O-])N(C)Cc1cccnc1. The molecule has 1 heterocycles. The highest BCUT2D eigenvalue weighted by Crippen LogP contribution is 2.05. The zero-order valence-corrected chi connectivity index (χ0v) is 10.2. The first-order valence-electron chi connectivity index (χ1n) is 5.43. The van der Waals surface area contributed by atoms with E-state index in [2.05, 4.69) is 16.9 Å². The van der Waals surface area contributed by atoms with Crippen LogP contribution < -0.4 is 5.32 Å². The monoisotopic (exact) mass is 248 g/mol. The van der Waals surface area contributed by atoms with E-state index in [1.807, 2.05) is 12.1 Å². The van der Waals surface area contributed by atoms with Gasteiger partial charge in [-0.2, -0.15) is 0 Å². The third kappa shape index (κ3) is 4.65. The van der Waals surface area contributed by atoms with E-state index in [-0.39, 0.29) is 0 Å². The predicted molar refractivity (Wildman–Crippen MR) is 69.0 cm³/mol. The summed E-state index contributed by atoms with van der Waals surface area (Å²) in [5.41, 5.74) is 0.981. The zero-order chi connectivity index (χ0) is 13.4. The Kier molecular flexibility index (Phi) is 5.37. The van der Waals surface area contributed by atoms with Gasteiger partial charge in [0.25, 0.3) is 6.20 Å². The predicted octanol–water partition coefficient (Wildman–Crippen LogP) is 1.36. The quantitative estimate of drug-likeness (QED) is 0.448. The molecule has 0 spiro atoms. The highest BCUT2D eigenvalue weighted by molar-refractivity contribution is 5.10. The van der Waals surface area contributed by atoms with Gasteiger partial charge in [0.05, 0.1) is 4.92 Å². The van der Waals surface area contributed by atoms with E-state index in [9.17, 15) is 10.1 Å². The summed E-state index contributed by atoms with van der Waals surface area (Å²) in [5.74, 6) is 0.434. The summed E-state index contributed by atoms with van der Waals surface area (Å²) < 4.78 is 0. The van der Waals surface area contributed by atoms with E-state index < -0.39 is 4.92 Å². The van der Waals surface area contributed by atoms with Gasteiger partial charge in [-0.15, -0.1) is 6.58 Å². The van der Waals surface area contributed by atoms with Crippen LogP contribution in [0.25, 0.3) is 0 Å². The van der Waals surface area contributed by atoms with Crippen LogP contribution >= 0.6 is 0 Å². The van der Waals surface area contributed by atoms with Crippen molar-refractivity contribution in [2.45, 2.75) is 6.54 Å². The van der Waals surface area contributed by atoms with Crippen LogP contribution in [0.2, 0.25) is 0 Å². The summed E-state index contributed by atoms with van der Waals surface area (Å²) in [4.78, 5) is 15.8. The maximum atomic E-state index is 10.6. The molecular formula is C12H16N4O2. The second-order valence-electron chi connectivity index (χ2n) is 3.69. The Morgan fingerprint density at radius 2 is 2.50 bits per heavy atom. The lowest BCUT2D eigenvalue weighted by Crippen LogP contribution is -2.29. The van der Waals surface area contributed by atoms with E-state index in [4.69, 9.17) is 0 Å². The molecule has 0 unspecified atom stereocenters. The van der Waals surface area contributed by atoms with Gasteiger partial charge in [-0.05, 0) is 11.6 Å². The smallest absolute Gasteiger partial charge is 0.274 e. The van der Waals surface area contributed by atoms with Crippen LogP contribution in [0.15, 0.2) is 49.2 Å². The van der Waals surface area contributed by atoms with E-state index in [0.29, 0.717) is 18.9 Å². The van der Waals surface area contributed by atoms with Gasteiger partial charge in [0.2, 0.25) is 0 Å². The van der Waals surface area contributed by atoms with Crippen LogP contribution in [-0.4, -0.2) is 28.4 Å². The van der Waals surface area contributed by atoms with Crippen LogP contribution in [0.5, 0.6) is 0 Å². The van der Waals surface area contributed by atoms with Gasteiger partial charge >= 0.3 is 0 Å². The highest BCUT2D eigenvalue weighted by atomic mass is 16.6. The van der Waals surface area contributed by atoms with Gasteiger partial charge in [-0.1, -0.05) is 12.1 Å². The Morgan fingerprint density at radius 1 is 1.72 bits per heavy atom. The third-order valence-corrected chi connectivity index (χ3v) is 2.21. The minimum atomic E-state index is -0.481. The summed E-state index contributed by atoms with van der Waals surface area (Å²) in [6, 6.07) is 3.75. The van der Waals surface area contributed by atoms with Gasteiger partial charge in [0.15, 0.2) is 5.82 Å². The largest absolute Gasteiger partial charge is 0.363 e. The molecule has 1 N–H and O–H groups in total. The molecular weight excluding hydrogens is 232 g/mol. The Balaban J connectivity index is 2.73. The molecule has 6 nitrogen and oxygen atoms in total. The van der Waals surface area contributed by atoms with Crippen LogP contribution in [-0.2, 0) is 6.54 Å². The van der Waals surface area contributed by atoms with Crippen molar-refractivity contribution in [2.24, 2.45) is 0 Å². The van der Waals surface area contributed by atoms with Gasteiger partial charge in [0.1, 0.15) is 0 Å². The number of hydrogen-bond acceptors (Lipinski definition) is 5. The molecule has 0 fully saturated rings. The molecule has 0 aliphatic carbocycles. The highest BCUT2D eigenvalue weighted by Gasteiger charge is 2.08. The minimum absolute atomic E-state index is 0.434. The lowest BCUT2D eigenvalue weighted by atomic mass is 10.3. The third-order valence-electron chi connectivity index (χ3n) is 2.21. The fraction of sp³-hybridized carbons (Fsp3) is 0.250. The van der Waals surface area contributed by atoms with Crippen molar-refractivity contribution < 1.29 is 4.92 Å². The summed E-state index contributed by atoms with van der Waals surface area (Å²) in [6.07, 6.45) is 6.01. The molecule has 1 rings (SSSR count). The number of aromatic nitrogens is 1. The number of nitro groups is 1. The fourth-order valence-corrected chi connectivity index (χ4v) is 1.41. The average molecular weight is 248 g/mol. The van der Waals surface area contributed by atoms with Gasteiger partial charge in [-0.25, -0.2) is 0 Å². The Morgan fingerprint density at radius 3 is 3.06 bits per heavy atom. The van der Waals surface area contributed by atoms with E-state index in [0.717, 1.165) is 11.8 Å². The zero-order valence-electron chi connectivity index (χ0n) is 10.2. The molecule has 0 amide bonds. The molecule has 96 valence electrons. The van der Waals surface area contributed by atoms with Gasteiger partial charge in [-0.3, -0.25) is 15.1 Å². The van der Waals surface area contributed by atoms with Crippen LogP contribution in [0.4, 0.5) is 0 Å². The molecule has 0 bridgehead atoms. The maximum Gasteiger partial charge on any atom is 0.274 e. The molecule has 0 aliphatic heterocycles. The standard InChI is InChI=1S/C12H16N4O2/c1-3-6-14-12(10-16(17)18)15(2)9-11-5-4-7-13-8-11/h3-5,7-8,10,14H,1,6,9H2,2H3/b12-10-. The topological polar surface area (TPSA) is 71.3 Å². The summed E-state index contributed by atoms with van der Waals surface area (Å²) >= 11 is 0. The van der Waals surface area contributed by atoms with E-state index in [1.54, 1.807) is 30.4 Å². The first-order chi connectivity index (χ1) is 8.63. The fourth-order valence-electron chi connectivity index (χ4n) is 1.41. The molecule has 1 aromatic rings. The van der Waals surface area contributed by atoms with E-state index in [1.165, 1.54) is 0 Å². The number of hydrogen-bond donors (Lipinski definition) is 1. The lowest BCUT2D eigenvalue weighted by molar-refractivity contribution is -0.404. The molecule has 0 saturated carbocycles. The molecule has 18 heavy (non-hydrogen) atoms. The summed E-state index contributed by atoms with van der Waals surface area (Å²) in [6.45, 7) is 4.58. The second kappa shape index (κ2) is 7.05. The lowest BCUT2D eigenvalue weighted by Gasteiger charge is -2.21. The van der Waals surface area contributed by atoms with Crippen molar-refractivity contribution in [3.05, 3.63) is 64.9 Å². The molecule has 0 radical (unpaired) electrons. The van der Waals surface area contributed by atoms with Crippen molar-refractivity contribution >= 4 is 0 Å². The first-order valence-corrected chi connectivity index (χ1v) is 5.43. The number of rotatable bonds is 7. The van der Waals surface area contributed by atoms with Crippen molar-refractivity contribution in [3.8, 4) is 0 Å². The van der Waals surface area contributed by atoms with Gasteiger partial charge in [0, 0.05) is 32.5 Å². The Labute approximate surface area is 106 Å². The average Bonchev–Trinajstić information content (AvgIpc) is 2.35. The first kappa shape index (κ1) is 13.7. The minimum Gasteiger partial charge on any atom is -0.363 e. The van der Waals surface area contributed by atoms with Crippen molar-refractivity contribution in [3.63, 3.8) is 0 Å². The molecule has 0 aromatic carbocycles. The molecule has 1 aromatic heterocycles. The van der Waals surface area contributed by atoms with Crippen LogP contribution in [0, 0.1) is 10.1 Å². The molecule has 0 atom stereocenters. The Hall–Kier alpha value is -2.37. The number of pyridine rings is 1. The number of nitrogens with zero attached hydrogens (tertiary/aromatic N) is 3. The van der Waals surface area contributed by atoms with Crippen molar-refractivity contribution in [1.82, 2.24) is 15.2 Å². The molecule has 6 heteroatoms.